The number of nitrogens with zero attached hydrogens (tertiary/aromatic N) is 4. The van der Waals surface area contributed by atoms with Gasteiger partial charge in [-0.05, 0) is 25.1 Å². The van der Waals surface area contributed by atoms with E-state index in [4.69, 9.17) is 9.47 Å². The average molecular weight is 474 g/mol. The van der Waals surface area contributed by atoms with Crippen LogP contribution in [0.4, 0.5) is 11.4 Å². The molecule has 33 heavy (non-hydrogen) atoms. The zero-order chi connectivity index (χ0) is 24.1. The SMILES string of the molecule is CCOCCn1c(=NC(=O)c2cc([N+](=O)[O-])cc([N+](=O)[O-])c2)sc2cc(C(=O)OC)ccc21. The molecule has 0 bridgehead atoms. The normalized spacial score (nSPS) is 11.5. The van der Waals surface area contributed by atoms with Crippen LogP contribution in [-0.2, 0) is 16.0 Å². The highest BCUT2D eigenvalue weighted by Gasteiger charge is 2.20. The minimum atomic E-state index is -0.883. The first-order valence-electron chi connectivity index (χ1n) is 9.57. The molecule has 0 atom stereocenters. The summed E-state index contributed by atoms with van der Waals surface area (Å²) in [5.74, 6) is -1.41. The molecule has 0 aliphatic rings. The second-order valence-electron chi connectivity index (χ2n) is 6.58. The number of hydrogen-bond donors (Lipinski definition) is 0. The second kappa shape index (κ2) is 10.1. The number of nitro benzene ring substituents is 2. The van der Waals surface area contributed by atoms with Crippen molar-refractivity contribution >= 4 is 44.8 Å². The highest BCUT2D eigenvalue weighted by molar-refractivity contribution is 7.16. The number of non-ortho nitro benzene ring substituents is 2. The Labute approximate surface area is 190 Å². The number of nitro groups is 2. The molecule has 0 saturated carbocycles. The number of thiazole rings is 1. The highest BCUT2D eigenvalue weighted by Crippen LogP contribution is 2.24. The van der Waals surface area contributed by atoms with Crippen molar-refractivity contribution in [1.82, 2.24) is 4.57 Å². The summed E-state index contributed by atoms with van der Waals surface area (Å²) in [6.45, 7) is 2.98. The zero-order valence-corrected chi connectivity index (χ0v) is 18.4. The molecule has 0 N–H and O–H groups in total. The van der Waals surface area contributed by atoms with E-state index in [-0.39, 0.29) is 10.4 Å². The Morgan fingerprint density at radius 3 is 2.30 bits per heavy atom. The number of amides is 1. The number of esters is 1. The van der Waals surface area contributed by atoms with Crippen molar-refractivity contribution in [2.24, 2.45) is 4.99 Å². The van der Waals surface area contributed by atoms with Crippen LogP contribution in [0, 0.1) is 20.2 Å². The van der Waals surface area contributed by atoms with Gasteiger partial charge in [0.25, 0.3) is 17.3 Å². The number of benzene rings is 2. The van der Waals surface area contributed by atoms with E-state index in [2.05, 4.69) is 4.99 Å². The average Bonchev–Trinajstić information content (AvgIpc) is 3.14. The lowest BCUT2D eigenvalue weighted by Crippen LogP contribution is -2.19. The zero-order valence-electron chi connectivity index (χ0n) is 17.5. The molecular formula is C20H18N4O8S. The van der Waals surface area contributed by atoms with Gasteiger partial charge in [0.15, 0.2) is 4.80 Å². The molecule has 172 valence electrons. The minimum absolute atomic E-state index is 0.242. The second-order valence-corrected chi connectivity index (χ2v) is 7.59. The van der Waals surface area contributed by atoms with Gasteiger partial charge >= 0.3 is 5.97 Å². The van der Waals surface area contributed by atoms with Gasteiger partial charge < -0.3 is 14.0 Å². The molecule has 0 fully saturated rings. The third-order valence-electron chi connectivity index (χ3n) is 4.54. The van der Waals surface area contributed by atoms with Crippen LogP contribution in [0.25, 0.3) is 10.2 Å². The van der Waals surface area contributed by atoms with Crippen LogP contribution in [0.3, 0.4) is 0 Å². The molecule has 1 heterocycles. The summed E-state index contributed by atoms with van der Waals surface area (Å²) in [6.07, 6.45) is 0. The van der Waals surface area contributed by atoms with Crippen LogP contribution in [0.2, 0.25) is 0 Å². The fraction of sp³-hybridized carbons (Fsp3) is 0.250. The number of fused-ring (bicyclic) bond motifs is 1. The Bertz CT molecular complexity index is 1300. The maximum atomic E-state index is 12.8. The molecule has 0 spiro atoms. The van der Waals surface area contributed by atoms with Gasteiger partial charge in [0.2, 0.25) is 0 Å². The number of carbonyl (C=O) groups excluding carboxylic acids is 2. The van der Waals surface area contributed by atoms with E-state index >= 15 is 0 Å². The number of hydrogen-bond acceptors (Lipinski definition) is 9. The monoisotopic (exact) mass is 474 g/mol. The fourth-order valence-electron chi connectivity index (χ4n) is 3.00. The van der Waals surface area contributed by atoms with Gasteiger partial charge in [0.1, 0.15) is 0 Å². The summed E-state index contributed by atoms with van der Waals surface area (Å²) in [5.41, 5.74) is -0.476. The Balaban J connectivity index is 2.14. The molecular weight excluding hydrogens is 456 g/mol. The topological polar surface area (TPSA) is 156 Å². The van der Waals surface area contributed by atoms with Crippen LogP contribution in [0.5, 0.6) is 0 Å². The van der Waals surface area contributed by atoms with Gasteiger partial charge in [-0.2, -0.15) is 4.99 Å². The molecule has 0 aliphatic heterocycles. The van der Waals surface area contributed by atoms with Crippen molar-refractivity contribution in [1.29, 1.82) is 0 Å². The number of carbonyl (C=O) groups is 2. The summed E-state index contributed by atoms with van der Waals surface area (Å²) >= 11 is 1.11. The molecule has 0 radical (unpaired) electrons. The fourth-order valence-corrected chi connectivity index (χ4v) is 4.09. The van der Waals surface area contributed by atoms with Crippen LogP contribution in [0.15, 0.2) is 41.4 Å². The lowest BCUT2D eigenvalue weighted by molar-refractivity contribution is -0.394. The smallest absolute Gasteiger partial charge is 0.337 e. The number of ether oxygens (including phenoxy) is 2. The Hall–Kier alpha value is -3.97. The van der Waals surface area contributed by atoms with Crippen molar-refractivity contribution in [3.63, 3.8) is 0 Å². The van der Waals surface area contributed by atoms with Crippen LogP contribution in [0.1, 0.15) is 27.6 Å². The summed E-state index contributed by atoms with van der Waals surface area (Å²) in [6, 6.07) is 7.51. The van der Waals surface area contributed by atoms with E-state index in [9.17, 15) is 29.8 Å². The van der Waals surface area contributed by atoms with Crippen LogP contribution >= 0.6 is 11.3 Å². The lowest BCUT2D eigenvalue weighted by atomic mass is 10.1. The van der Waals surface area contributed by atoms with Crippen LogP contribution in [-0.4, -0.2) is 46.6 Å². The van der Waals surface area contributed by atoms with E-state index in [0.29, 0.717) is 35.5 Å². The van der Waals surface area contributed by atoms with Gasteiger partial charge in [0.05, 0.1) is 51.0 Å². The third kappa shape index (κ3) is 5.27. The van der Waals surface area contributed by atoms with Crippen molar-refractivity contribution in [3.8, 4) is 0 Å². The number of rotatable bonds is 8. The molecule has 1 amide bonds. The molecule has 1 aromatic heterocycles. The quantitative estimate of drug-likeness (QED) is 0.209. The summed E-state index contributed by atoms with van der Waals surface area (Å²) in [7, 11) is 1.26. The Kier molecular flexibility index (Phi) is 7.25. The highest BCUT2D eigenvalue weighted by atomic mass is 32.1. The van der Waals surface area contributed by atoms with E-state index in [0.717, 1.165) is 29.5 Å². The molecule has 0 saturated heterocycles. The lowest BCUT2D eigenvalue weighted by Gasteiger charge is -2.06. The van der Waals surface area contributed by atoms with Crippen molar-refractivity contribution < 1.29 is 28.9 Å². The third-order valence-corrected chi connectivity index (χ3v) is 5.58. The Morgan fingerprint density at radius 2 is 1.73 bits per heavy atom. The summed E-state index contributed by atoms with van der Waals surface area (Å²) in [5, 5.41) is 22.3. The predicted octanol–water partition coefficient (Wildman–Crippen LogP) is 3.08. The largest absolute Gasteiger partial charge is 0.465 e. The summed E-state index contributed by atoms with van der Waals surface area (Å²) < 4.78 is 12.5. The maximum Gasteiger partial charge on any atom is 0.337 e. The predicted molar refractivity (Wildman–Crippen MR) is 117 cm³/mol. The van der Waals surface area contributed by atoms with E-state index in [1.165, 1.54) is 7.11 Å². The van der Waals surface area contributed by atoms with Crippen molar-refractivity contribution in [2.45, 2.75) is 13.5 Å². The molecule has 3 aromatic rings. The van der Waals surface area contributed by atoms with Crippen molar-refractivity contribution in [2.75, 3.05) is 20.3 Å². The van der Waals surface area contributed by atoms with Gasteiger partial charge in [-0.25, -0.2) is 4.79 Å². The number of methoxy groups -OCH3 is 1. The molecule has 3 rings (SSSR count). The molecule has 0 unspecified atom stereocenters. The van der Waals surface area contributed by atoms with E-state index in [1.807, 2.05) is 6.92 Å². The standard InChI is InChI=1S/C20H18N4O8S/c1-3-32-7-6-22-16-5-4-12(19(26)31-2)10-17(16)33-20(22)21-18(25)13-8-14(23(27)28)11-15(9-13)24(29)30/h4-5,8-11H,3,6-7H2,1-2H3. The number of aromatic nitrogens is 1. The molecule has 13 heteroatoms. The van der Waals surface area contributed by atoms with Gasteiger partial charge in [-0.1, -0.05) is 11.3 Å². The molecule has 12 nitrogen and oxygen atoms in total. The minimum Gasteiger partial charge on any atom is -0.465 e. The van der Waals surface area contributed by atoms with Gasteiger partial charge in [0, 0.05) is 25.3 Å². The first kappa shape index (κ1) is 23.7. The van der Waals surface area contributed by atoms with Crippen molar-refractivity contribution in [3.05, 3.63) is 72.6 Å². The molecule has 0 aliphatic carbocycles. The summed E-state index contributed by atoms with van der Waals surface area (Å²) in [4.78, 5) is 49.6. The van der Waals surface area contributed by atoms with Gasteiger partial charge in [-0.15, -0.1) is 0 Å². The maximum absolute atomic E-state index is 12.8. The van der Waals surface area contributed by atoms with Crippen LogP contribution < -0.4 is 4.80 Å². The molecule has 2 aromatic carbocycles. The van der Waals surface area contributed by atoms with Gasteiger partial charge in [-0.3, -0.25) is 25.0 Å². The first-order valence-corrected chi connectivity index (χ1v) is 10.4. The van der Waals surface area contributed by atoms with E-state index in [1.54, 1.807) is 22.8 Å². The van der Waals surface area contributed by atoms with E-state index < -0.39 is 33.1 Å². The Morgan fingerprint density at radius 1 is 1.06 bits per heavy atom. The first-order chi connectivity index (χ1) is 15.7.